The number of carbonyl (C=O) groups is 1. The lowest BCUT2D eigenvalue weighted by atomic mass is 9.56. The van der Waals surface area contributed by atoms with E-state index < -0.39 is 0 Å². The quantitative estimate of drug-likeness (QED) is 0.339. The number of piperidine rings is 1. The molecule has 244 valence electrons. The fourth-order valence-corrected chi connectivity index (χ4v) is 9.68. The van der Waals surface area contributed by atoms with Crippen LogP contribution in [0.15, 0.2) is 22.8 Å². The summed E-state index contributed by atoms with van der Waals surface area (Å²) in [4.78, 5) is 15.6. The number of nitrogens with zero attached hydrogens (tertiary/aromatic N) is 1. The average molecular weight is 600 g/mol. The first-order valence-corrected chi connectivity index (χ1v) is 17.4. The van der Waals surface area contributed by atoms with E-state index >= 15 is 0 Å². The first-order chi connectivity index (χ1) is 20.2. The maximum Gasteiger partial charge on any atom is 0.222 e. The van der Waals surface area contributed by atoms with Crippen molar-refractivity contribution in [2.45, 2.75) is 149 Å². The maximum absolute atomic E-state index is 13.3. The van der Waals surface area contributed by atoms with Gasteiger partial charge in [-0.15, -0.1) is 0 Å². The van der Waals surface area contributed by atoms with E-state index in [1.165, 1.54) is 24.8 Å². The van der Waals surface area contributed by atoms with E-state index in [-0.39, 0.29) is 41.5 Å². The second kappa shape index (κ2) is 12.5. The van der Waals surface area contributed by atoms with Crippen LogP contribution in [0.1, 0.15) is 119 Å². The van der Waals surface area contributed by atoms with Crippen LogP contribution < -0.4 is 0 Å². The van der Waals surface area contributed by atoms with Crippen LogP contribution in [-0.4, -0.2) is 70.7 Å². The van der Waals surface area contributed by atoms with Gasteiger partial charge in [0, 0.05) is 26.5 Å². The molecule has 1 spiro atoms. The van der Waals surface area contributed by atoms with E-state index in [0.29, 0.717) is 36.0 Å². The smallest absolute Gasteiger partial charge is 0.222 e. The van der Waals surface area contributed by atoms with Gasteiger partial charge in [0.15, 0.2) is 0 Å². The third-order valence-electron chi connectivity index (χ3n) is 12.7. The van der Waals surface area contributed by atoms with Crippen molar-refractivity contribution in [1.29, 1.82) is 0 Å². The number of aliphatic hydroxyl groups excluding tert-OH is 2. The molecule has 0 aromatic rings. The Bertz CT molecular complexity index is 1090. The number of methoxy groups -OCH3 is 1. The molecule has 2 N–H and O–H groups in total. The second-order valence-electron chi connectivity index (χ2n) is 16.4. The van der Waals surface area contributed by atoms with Crippen LogP contribution in [0.4, 0.5) is 0 Å². The molecular weight excluding hydrogens is 538 g/mol. The highest BCUT2D eigenvalue weighted by atomic mass is 16.5. The van der Waals surface area contributed by atoms with Gasteiger partial charge in [-0.3, -0.25) is 4.79 Å². The lowest BCUT2D eigenvalue weighted by molar-refractivity contribution is -0.139. The Kier molecular flexibility index (Phi) is 9.66. The van der Waals surface area contributed by atoms with Gasteiger partial charge in [0.2, 0.25) is 5.91 Å². The zero-order valence-corrected chi connectivity index (χ0v) is 28.5. The van der Waals surface area contributed by atoms with E-state index in [2.05, 4.69) is 45.6 Å². The summed E-state index contributed by atoms with van der Waals surface area (Å²) in [5, 5.41) is 18.8. The predicted octanol–water partition coefficient (Wildman–Crippen LogP) is 6.83. The second-order valence-corrected chi connectivity index (χ2v) is 16.4. The third-order valence-corrected chi connectivity index (χ3v) is 12.7. The summed E-state index contributed by atoms with van der Waals surface area (Å²) in [6.07, 6.45) is 14.1. The number of rotatable bonds is 5. The molecule has 2 saturated heterocycles. The zero-order valence-electron chi connectivity index (χ0n) is 28.5. The number of likely N-dealkylation sites (tertiary alicyclic amines) is 1. The number of amides is 1. The Hall–Kier alpha value is -1.21. The van der Waals surface area contributed by atoms with Crippen molar-refractivity contribution in [2.75, 3.05) is 20.3 Å². The van der Waals surface area contributed by atoms with Crippen molar-refractivity contribution in [3.63, 3.8) is 0 Å². The first kappa shape index (κ1) is 33.2. The number of hydrogen-bond donors (Lipinski definition) is 2. The molecule has 0 aromatic heterocycles. The summed E-state index contributed by atoms with van der Waals surface area (Å²) in [5.74, 6) is 3.60. The molecule has 43 heavy (non-hydrogen) atoms. The van der Waals surface area contributed by atoms with E-state index in [1.807, 2.05) is 13.8 Å². The van der Waals surface area contributed by atoms with Crippen LogP contribution >= 0.6 is 0 Å². The van der Waals surface area contributed by atoms with E-state index in [9.17, 15) is 9.90 Å². The fraction of sp³-hybridized carbons (Fsp3) is 0.865. The standard InChI is InChI=1S/C32H49NO3.C5H12O2/c1-19(2)6-9-30(35)33-18-20(3)14-29-28(33)17-32(36-29)13-11-24-25-8-7-22-15-23(34)10-12-31(22,5)27(25)16-26(24)21(32)4;1-5(2,4-6)7-3/h7,19-20,23-25,27-29,34H,6,8-18H2,1-5H3;6H,4H2,1-3H3. The van der Waals surface area contributed by atoms with Gasteiger partial charge >= 0.3 is 0 Å². The number of aliphatic hydroxyl groups is 2. The highest BCUT2D eigenvalue weighted by molar-refractivity contribution is 5.77. The Morgan fingerprint density at radius 3 is 2.63 bits per heavy atom. The molecule has 9 atom stereocenters. The highest BCUT2D eigenvalue weighted by Gasteiger charge is 2.59. The van der Waals surface area contributed by atoms with Gasteiger partial charge in [0.05, 0.1) is 36.1 Å². The van der Waals surface area contributed by atoms with Crippen molar-refractivity contribution < 1.29 is 24.5 Å². The topological polar surface area (TPSA) is 79.2 Å². The van der Waals surface area contributed by atoms with Gasteiger partial charge in [-0.05, 0) is 119 Å². The van der Waals surface area contributed by atoms with E-state index in [0.717, 1.165) is 57.4 Å². The third kappa shape index (κ3) is 6.29. The van der Waals surface area contributed by atoms with Gasteiger partial charge in [-0.1, -0.05) is 44.9 Å². The Labute approximate surface area is 261 Å². The zero-order chi connectivity index (χ0) is 31.3. The average Bonchev–Trinajstić information content (AvgIpc) is 3.54. The normalized spacial score (nSPS) is 40.4. The molecule has 0 bridgehead atoms. The summed E-state index contributed by atoms with van der Waals surface area (Å²) < 4.78 is 11.9. The Balaban J connectivity index is 0.000000472. The van der Waals surface area contributed by atoms with Crippen molar-refractivity contribution >= 4 is 5.91 Å². The number of carbonyl (C=O) groups excluding carboxylic acids is 1. The monoisotopic (exact) mass is 599 g/mol. The van der Waals surface area contributed by atoms with E-state index in [1.54, 1.807) is 18.3 Å². The minimum absolute atomic E-state index is 0.0729. The molecule has 0 aromatic carbocycles. The van der Waals surface area contributed by atoms with Crippen LogP contribution in [-0.2, 0) is 14.3 Å². The van der Waals surface area contributed by atoms with Gasteiger partial charge < -0.3 is 24.6 Å². The van der Waals surface area contributed by atoms with Crippen LogP contribution in [0.3, 0.4) is 0 Å². The summed E-state index contributed by atoms with van der Waals surface area (Å²) in [6, 6.07) is 0.252. The maximum atomic E-state index is 13.3. The van der Waals surface area contributed by atoms with E-state index in [4.69, 9.17) is 14.6 Å². The molecule has 2 heterocycles. The molecule has 4 fully saturated rings. The lowest BCUT2D eigenvalue weighted by Gasteiger charge is -2.49. The minimum Gasteiger partial charge on any atom is -0.393 e. The summed E-state index contributed by atoms with van der Waals surface area (Å²) in [7, 11) is 1.58. The van der Waals surface area contributed by atoms with Crippen LogP contribution in [0.5, 0.6) is 0 Å². The van der Waals surface area contributed by atoms with Crippen LogP contribution in [0, 0.1) is 35.0 Å². The lowest BCUT2D eigenvalue weighted by Crippen LogP contribution is -2.51. The molecular formula is C37H61NO5. The van der Waals surface area contributed by atoms with Crippen molar-refractivity contribution in [1.82, 2.24) is 4.90 Å². The van der Waals surface area contributed by atoms with Gasteiger partial charge in [-0.2, -0.15) is 0 Å². The molecule has 1 amide bonds. The molecule has 0 radical (unpaired) electrons. The molecule has 4 aliphatic carbocycles. The molecule has 2 saturated carbocycles. The van der Waals surface area contributed by atoms with Gasteiger partial charge in [0.25, 0.3) is 0 Å². The SMILES string of the molecule is CC1=C2CC3C(CC=C4CC(O)CCC43C)C2CCC12CC1C(CC(C)CN1C(=O)CCC(C)C)O2.COC(C)(C)CO. The van der Waals surface area contributed by atoms with Gasteiger partial charge in [0.1, 0.15) is 0 Å². The summed E-state index contributed by atoms with van der Waals surface area (Å²) in [5.41, 5.74) is 4.53. The van der Waals surface area contributed by atoms with Crippen LogP contribution in [0.2, 0.25) is 0 Å². The summed E-state index contributed by atoms with van der Waals surface area (Å²) >= 11 is 0. The number of hydrogen-bond acceptors (Lipinski definition) is 5. The Morgan fingerprint density at radius 2 is 1.98 bits per heavy atom. The van der Waals surface area contributed by atoms with Gasteiger partial charge in [-0.25, -0.2) is 0 Å². The van der Waals surface area contributed by atoms with Crippen molar-refractivity contribution in [3.05, 3.63) is 22.8 Å². The van der Waals surface area contributed by atoms with Crippen LogP contribution in [0.25, 0.3) is 0 Å². The molecule has 6 rings (SSSR count). The largest absolute Gasteiger partial charge is 0.393 e. The highest BCUT2D eigenvalue weighted by Crippen LogP contribution is 2.64. The number of allylic oxidation sites excluding steroid dienone is 2. The fourth-order valence-electron chi connectivity index (χ4n) is 9.68. The number of ether oxygens (including phenoxy) is 2. The summed E-state index contributed by atoms with van der Waals surface area (Å²) in [6.45, 7) is 16.2. The molecule has 6 heteroatoms. The van der Waals surface area contributed by atoms with Crippen molar-refractivity contribution in [3.8, 4) is 0 Å². The predicted molar refractivity (Wildman–Crippen MR) is 171 cm³/mol. The molecule has 6 aliphatic rings. The molecule has 2 aliphatic heterocycles. The number of fused-ring (bicyclic) bond motifs is 6. The minimum atomic E-state index is -0.361. The molecule has 6 nitrogen and oxygen atoms in total. The molecule has 9 unspecified atom stereocenters. The van der Waals surface area contributed by atoms with Crippen molar-refractivity contribution in [2.24, 2.45) is 35.0 Å². The Morgan fingerprint density at radius 1 is 1.23 bits per heavy atom. The first-order valence-electron chi connectivity index (χ1n) is 17.4.